The van der Waals surface area contributed by atoms with Crippen LogP contribution in [0.25, 0.3) is 0 Å². The van der Waals surface area contributed by atoms with Crippen LogP contribution in [-0.4, -0.2) is 37.1 Å². The third-order valence-electron chi connectivity index (χ3n) is 2.51. The number of nitrogens with one attached hydrogen (secondary N) is 1. The van der Waals surface area contributed by atoms with E-state index in [0.717, 1.165) is 5.69 Å². The molecule has 1 rings (SSSR count). The van der Waals surface area contributed by atoms with Gasteiger partial charge in [0.15, 0.2) is 5.13 Å². The van der Waals surface area contributed by atoms with Crippen LogP contribution in [-0.2, 0) is 20.9 Å². The fraction of sp³-hybridized carbons (Fsp3) is 0.583. The maximum absolute atomic E-state index is 11.4. The Bertz CT molecular complexity index is 434. The van der Waals surface area contributed by atoms with Gasteiger partial charge in [0.05, 0.1) is 19.2 Å². The molecule has 0 radical (unpaired) electrons. The number of carbonyl (C=O) groups is 2. The zero-order valence-corrected chi connectivity index (χ0v) is 12.2. The lowest BCUT2D eigenvalue weighted by atomic mass is 10.4. The molecular formula is C12H19N3O3S. The molecule has 0 saturated heterocycles. The molecule has 0 aliphatic heterocycles. The first-order valence-electron chi connectivity index (χ1n) is 6.08. The average Bonchev–Trinajstić information content (AvgIpc) is 2.83. The van der Waals surface area contributed by atoms with E-state index >= 15 is 0 Å². The summed E-state index contributed by atoms with van der Waals surface area (Å²) in [5.74, 6) is -0.248. The lowest BCUT2D eigenvalue weighted by Crippen LogP contribution is -2.27. The zero-order valence-electron chi connectivity index (χ0n) is 11.4. The molecule has 0 atom stereocenters. The van der Waals surface area contributed by atoms with Crippen molar-refractivity contribution in [2.45, 2.75) is 26.8 Å². The number of aromatic nitrogens is 1. The minimum atomic E-state index is -0.236. The van der Waals surface area contributed by atoms with E-state index in [1.807, 2.05) is 12.3 Å². The Labute approximate surface area is 116 Å². The Hall–Kier alpha value is -1.47. The molecule has 6 nitrogen and oxygen atoms in total. The number of methoxy groups -OCH3 is 1. The predicted octanol–water partition coefficient (Wildman–Crippen LogP) is 1.17. The van der Waals surface area contributed by atoms with E-state index in [0.29, 0.717) is 31.2 Å². The van der Waals surface area contributed by atoms with Crippen LogP contribution >= 0.6 is 11.3 Å². The number of nitrogens with zero attached hydrogens (tertiary/aromatic N) is 2. The van der Waals surface area contributed by atoms with Gasteiger partial charge in [0.2, 0.25) is 5.91 Å². The molecule has 106 valence electrons. The van der Waals surface area contributed by atoms with Gasteiger partial charge in [-0.1, -0.05) is 0 Å². The van der Waals surface area contributed by atoms with E-state index in [9.17, 15) is 9.59 Å². The summed E-state index contributed by atoms with van der Waals surface area (Å²) < 4.78 is 4.54. The number of rotatable bonds is 7. The van der Waals surface area contributed by atoms with Gasteiger partial charge in [-0.05, 0) is 6.92 Å². The summed E-state index contributed by atoms with van der Waals surface area (Å²) in [5, 5.41) is 5.72. The maximum atomic E-state index is 11.4. The van der Waals surface area contributed by atoms with Gasteiger partial charge in [-0.15, -0.1) is 11.3 Å². The molecule has 0 bridgehead atoms. The molecule has 1 N–H and O–H groups in total. The highest BCUT2D eigenvalue weighted by Crippen LogP contribution is 2.20. The number of thiazole rings is 1. The first kappa shape index (κ1) is 15.6. The molecule has 0 unspecified atom stereocenters. The van der Waals surface area contributed by atoms with Crippen LogP contribution in [0.5, 0.6) is 0 Å². The second-order valence-electron chi connectivity index (χ2n) is 3.89. The maximum Gasteiger partial charge on any atom is 0.306 e. The van der Waals surface area contributed by atoms with Gasteiger partial charge in [-0.2, -0.15) is 0 Å². The Morgan fingerprint density at radius 3 is 2.84 bits per heavy atom. The number of esters is 1. The first-order valence-corrected chi connectivity index (χ1v) is 6.96. The van der Waals surface area contributed by atoms with E-state index in [-0.39, 0.29) is 11.9 Å². The topological polar surface area (TPSA) is 71.5 Å². The van der Waals surface area contributed by atoms with Crippen LogP contribution in [0.1, 0.15) is 26.0 Å². The molecule has 19 heavy (non-hydrogen) atoms. The fourth-order valence-electron chi connectivity index (χ4n) is 1.50. The predicted molar refractivity (Wildman–Crippen MR) is 74.2 cm³/mol. The molecule has 1 amide bonds. The van der Waals surface area contributed by atoms with E-state index in [4.69, 9.17) is 0 Å². The summed E-state index contributed by atoms with van der Waals surface area (Å²) in [6.07, 6.45) is 0.335. The summed E-state index contributed by atoms with van der Waals surface area (Å²) >= 11 is 1.44. The van der Waals surface area contributed by atoms with Gasteiger partial charge in [-0.3, -0.25) is 14.5 Å². The number of ether oxygens (including phenoxy) is 1. The highest BCUT2D eigenvalue weighted by Gasteiger charge is 2.13. The Morgan fingerprint density at radius 1 is 1.53 bits per heavy atom. The van der Waals surface area contributed by atoms with Crippen molar-refractivity contribution in [3.05, 3.63) is 11.1 Å². The van der Waals surface area contributed by atoms with Crippen molar-refractivity contribution in [1.29, 1.82) is 0 Å². The van der Waals surface area contributed by atoms with Gasteiger partial charge in [0.1, 0.15) is 0 Å². The van der Waals surface area contributed by atoms with Gasteiger partial charge in [0.25, 0.3) is 0 Å². The minimum absolute atomic E-state index is 0.0120. The van der Waals surface area contributed by atoms with Crippen molar-refractivity contribution in [3.63, 3.8) is 0 Å². The van der Waals surface area contributed by atoms with Crippen molar-refractivity contribution in [1.82, 2.24) is 10.3 Å². The van der Waals surface area contributed by atoms with Crippen molar-refractivity contribution < 1.29 is 14.3 Å². The number of hydrogen-bond acceptors (Lipinski definition) is 6. The third-order valence-corrected chi connectivity index (χ3v) is 3.42. The minimum Gasteiger partial charge on any atom is -0.469 e. The standard InChI is InChI=1S/C12H19N3O3S/c1-4-15(9(2)16)12-14-10(8-19-12)7-13-6-5-11(17)18-3/h8,13H,4-7H2,1-3H3. The number of carbonyl (C=O) groups excluding carboxylic acids is 2. The Morgan fingerprint density at radius 2 is 2.26 bits per heavy atom. The number of amides is 1. The van der Waals surface area contributed by atoms with Crippen molar-refractivity contribution in [2.75, 3.05) is 25.1 Å². The summed E-state index contributed by atoms with van der Waals surface area (Å²) in [6.45, 7) is 5.17. The van der Waals surface area contributed by atoms with E-state index in [2.05, 4.69) is 15.0 Å². The fourth-order valence-corrected chi connectivity index (χ4v) is 2.44. The quantitative estimate of drug-likeness (QED) is 0.601. The van der Waals surface area contributed by atoms with E-state index in [1.54, 1.807) is 4.90 Å². The van der Waals surface area contributed by atoms with Gasteiger partial charge in [0, 0.05) is 31.9 Å². The number of hydrogen-bond donors (Lipinski definition) is 1. The van der Waals surface area contributed by atoms with Crippen LogP contribution in [0.4, 0.5) is 5.13 Å². The molecule has 1 aromatic heterocycles. The molecule has 7 heteroatoms. The SMILES string of the molecule is CCN(C(C)=O)c1nc(CNCCC(=O)OC)cs1. The van der Waals surface area contributed by atoms with Gasteiger partial charge >= 0.3 is 5.97 Å². The van der Waals surface area contributed by atoms with Crippen LogP contribution in [0.2, 0.25) is 0 Å². The van der Waals surface area contributed by atoms with Crippen LogP contribution in [0, 0.1) is 0 Å². The second kappa shape index (κ2) is 7.85. The molecule has 0 aromatic carbocycles. The van der Waals surface area contributed by atoms with Crippen LogP contribution in [0.3, 0.4) is 0 Å². The highest BCUT2D eigenvalue weighted by atomic mass is 32.1. The normalized spacial score (nSPS) is 10.3. The molecule has 1 aromatic rings. The lowest BCUT2D eigenvalue weighted by Gasteiger charge is -2.14. The monoisotopic (exact) mass is 285 g/mol. The molecule has 0 aliphatic carbocycles. The van der Waals surface area contributed by atoms with E-state index < -0.39 is 0 Å². The summed E-state index contributed by atoms with van der Waals surface area (Å²) in [7, 11) is 1.37. The molecule has 0 fully saturated rings. The summed E-state index contributed by atoms with van der Waals surface area (Å²) in [5.41, 5.74) is 0.865. The zero-order chi connectivity index (χ0) is 14.3. The van der Waals surface area contributed by atoms with Gasteiger partial charge < -0.3 is 10.1 Å². The molecule has 1 heterocycles. The van der Waals surface area contributed by atoms with Gasteiger partial charge in [-0.25, -0.2) is 4.98 Å². The van der Waals surface area contributed by atoms with Crippen LogP contribution < -0.4 is 10.2 Å². The molecular weight excluding hydrogens is 266 g/mol. The molecule has 0 spiro atoms. The van der Waals surface area contributed by atoms with Crippen molar-refractivity contribution in [2.24, 2.45) is 0 Å². The third kappa shape index (κ3) is 4.96. The average molecular weight is 285 g/mol. The first-order chi connectivity index (χ1) is 9.08. The Balaban J connectivity index is 2.42. The molecule has 0 aliphatic rings. The lowest BCUT2D eigenvalue weighted by molar-refractivity contribution is -0.140. The highest BCUT2D eigenvalue weighted by molar-refractivity contribution is 7.14. The number of anilines is 1. The van der Waals surface area contributed by atoms with E-state index in [1.165, 1.54) is 25.4 Å². The summed E-state index contributed by atoms with van der Waals surface area (Å²) in [4.78, 5) is 28.3. The second-order valence-corrected chi connectivity index (χ2v) is 4.72. The largest absolute Gasteiger partial charge is 0.469 e. The van der Waals surface area contributed by atoms with Crippen molar-refractivity contribution in [3.8, 4) is 0 Å². The smallest absolute Gasteiger partial charge is 0.306 e. The Kier molecular flexibility index (Phi) is 6.44. The van der Waals surface area contributed by atoms with Crippen LogP contribution in [0.15, 0.2) is 5.38 Å². The molecule has 0 saturated carbocycles. The van der Waals surface area contributed by atoms with Crippen molar-refractivity contribution >= 4 is 28.3 Å². The summed E-state index contributed by atoms with van der Waals surface area (Å²) in [6, 6.07) is 0.